The Bertz CT molecular complexity index is 767. The van der Waals surface area contributed by atoms with Gasteiger partial charge < -0.3 is 25.2 Å². The van der Waals surface area contributed by atoms with E-state index in [1.807, 2.05) is 76.2 Å². The minimum absolute atomic E-state index is 0. The van der Waals surface area contributed by atoms with E-state index in [0.29, 0.717) is 25.7 Å². The fraction of sp³-hybridized carbons (Fsp3) is 0.435. The Balaban J connectivity index is 0.00000450. The quantitative estimate of drug-likeness (QED) is 0.245. The summed E-state index contributed by atoms with van der Waals surface area (Å²) in [6.07, 6.45) is -0.520. The Kier molecular flexibility index (Phi) is 12.2. The minimum Gasteiger partial charge on any atom is -0.494 e. The molecule has 166 valence electrons. The Labute approximate surface area is 197 Å². The lowest BCUT2D eigenvalue weighted by molar-refractivity contribution is 0.180. The summed E-state index contributed by atoms with van der Waals surface area (Å²) in [4.78, 5) is 4.61. The van der Waals surface area contributed by atoms with Crippen LogP contribution in [0.15, 0.2) is 53.5 Å². The van der Waals surface area contributed by atoms with Crippen LogP contribution in [0.4, 0.5) is 0 Å². The van der Waals surface area contributed by atoms with E-state index in [1.165, 1.54) is 0 Å². The predicted molar refractivity (Wildman–Crippen MR) is 133 cm³/mol. The molecule has 2 rings (SSSR count). The van der Waals surface area contributed by atoms with Crippen molar-refractivity contribution in [3.63, 3.8) is 0 Å². The molecule has 2 aromatic rings. The van der Waals surface area contributed by atoms with Crippen LogP contribution < -0.4 is 20.1 Å². The number of hydrogen-bond donors (Lipinski definition) is 3. The molecular formula is C23H34IN3O3. The SMILES string of the molecule is CCNC(=NCc1cccc(OCC)c1)NCC(O)c1ccc(OC(C)C)cc1.I. The molecule has 1 unspecified atom stereocenters. The van der Waals surface area contributed by atoms with Crippen LogP contribution in [0.1, 0.15) is 44.9 Å². The van der Waals surface area contributed by atoms with Gasteiger partial charge in [-0.2, -0.15) is 0 Å². The van der Waals surface area contributed by atoms with Crippen LogP contribution in [-0.4, -0.2) is 36.9 Å². The summed E-state index contributed by atoms with van der Waals surface area (Å²) in [5.41, 5.74) is 1.89. The van der Waals surface area contributed by atoms with Crippen molar-refractivity contribution < 1.29 is 14.6 Å². The van der Waals surface area contributed by atoms with Crippen molar-refractivity contribution in [2.24, 2.45) is 4.99 Å². The number of guanidine groups is 1. The minimum atomic E-state index is -0.645. The fourth-order valence-corrected chi connectivity index (χ4v) is 2.76. The molecule has 0 bridgehead atoms. The van der Waals surface area contributed by atoms with E-state index in [9.17, 15) is 5.11 Å². The van der Waals surface area contributed by atoms with Crippen molar-refractivity contribution >= 4 is 29.9 Å². The highest BCUT2D eigenvalue weighted by Crippen LogP contribution is 2.18. The van der Waals surface area contributed by atoms with Gasteiger partial charge in [-0.1, -0.05) is 24.3 Å². The summed E-state index contributed by atoms with van der Waals surface area (Å²) in [7, 11) is 0. The first-order chi connectivity index (χ1) is 14.0. The average Bonchev–Trinajstić information content (AvgIpc) is 2.70. The monoisotopic (exact) mass is 527 g/mol. The Morgan fingerprint density at radius 2 is 1.77 bits per heavy atom. The van der Waals surface area contributed by atoms with Gasteiger partial charge in [0.1, 0.15) is 11.5 Å². The summed E-state index contributed by atoms with van der Waals surface area (Å²) >= 11 is 0. The molecule has 0 aliphatic carbocycles. The van der Waals surface area contributed by atoms with Crippen molar-refractivity contribution in [2.45, 2.75) is 46.4 Å². The van der Waals surface area contributed by atoms with Crippen molar-refractivity contribution in [1.82, 2.24) is 10.6 Å². The maximum atomic E-state index is 10.5. The molecule has 0 heterocycles. The number of aliphatic hydroxyl groups is 1. The molecule has 0 spiro atoms. The van der Waals surface area contributed by atoms with E-state index in [2.05, 4.69) is 15.6 Å². The molecule has 2 aromatic carbocycles. The van der Waals surface area contributed by atoms with Gasteiger partial charge in [0, 0.05) is 13.1 Å². The maximum absolute atomic E-state index is 10.5. The molecule has 0 amide bonds. The number of nitrogens with zero attached hydrogens (tertiary/aromatic N) is 1. The molecule has 0 saturated carbocycles. The van der Waals surface area contributed by atoms with Gasteiger partial charge in [-0.3, -0.25) is 0 Å². The van der Waals surface area contributed by atoms with Crippen LogP contribution in [0.2, 0.25) is 0 Å². The van der Waals surface area contributed by atoms with Crippen LogP contribution in [0.5, 0.6) is 11.5 Å². The van der Waals surface area contributed by atoms with Crippen molar-refractivity contribution in [3.05, 3.63) is 59.7 Å². The number of halogens is 1. The summed E-state index contributed by atoms with van der Waals surface area (Å²) in [5.74, 6) is 2.31. The van der Waals surface area contributed by atoms with Gasteiger partial charge in [0.25, 0.3) is 0 Å². The second-order valence-corrected chi connectivity index (χ2v) is 6.91. The predicted octanol–water partition coefficient (Wildman–Crippen LogP) is 4.28. The maximum Gasteiger partial charge on any atom is 0.191 e. The second kappa shape index (κ2) is 14.1. The lowest BCUT2D eigenvalue weighted by atomic mass is 10.1. The zero-order valence-electron chi connectivity index (χ0n) is 18.2. The molecule has 3 N–H and O–H groups in total. The van der Waals surface area contributed by atoms with Gasteiger partial charge in [-0.25, -0.2) is 4.99 Å². The third-order valence-electron chi connectivity index (χ3n) is 4.07. The highest BCUT2D eigenvalue weighted by Gasteiger charge is 2.09. The molecule has 0 radical (unpaired) electrons. The fourth-order valence-electron chi connectivity index (χ4n) is 2.76. The van der Waals surface area contributed by atoms with E-state index < -0.39 is 6.10 Å². The number of benzene rings is 2. The first kappa shape index (κ1) is 26.0. The van der Waals surface area contributed by atoms with Crippen LogP contribution in [0, 0.1) is 0 Å². The van der Waals surface area contributed by atoms with Crippen molar-refractivity contribution in [1.29, 1.82) is 0 Å². The van der Waals surface area contributed by atoms with Crippen LogP contribution >= 0.6 is 24.0 Å². The molecule has 6 nitrogen and oxygen atoms in total. The normalized spacial score (nSPS) is 12.1. The van der Waals surface area contributed by atoms with Gasteiger partial charge >= 0.3 is 0 Å². The zero-order valence-corrected chi connectivity index (χ0v) is 20.6. The number of nitrogens with one attached hydrogen (secondary N) is 2. The standard InChI is InChI=1S/C23H33N3O3.HI/c1-5-24-23(25-15-18-8-7-9-21(14-18)28-6-2)26-16-22(27)19-10-12-20(13-11-19)29-17(3)4;/h7-14,17,22,27H,5-6,15-16H2,1-4H3,(H2,24,25,26);1H. The topological polar surface area (TPSA) is 75.1 Å². The lowest BCUT2D eigenvalue weighted by Crippen LogP contribution is -2.39. The van der Waals surface area contributed by atoms with Crippen molar-refractivity contribution in [2.75, 3.05) is 19.7 Å². The molecule has 0 aliphatic heterocycles. The van der Waals surface area contributed by atoms with E-state index >= 15 is 0 Å². The lowest BCUT2D eigenvalue weighted by Gasteiger charge is -2.16. The number of hydrogen-bond acceptors (Lipinski definition) is 4. The van der Waals surface area contributed by atoms with Gasteiger partial charge in [0.05, 0.1) is 25.4 Å². The molecule has 7 heteroatoms. The molecular weight excluding hydrogens is 493 g/mol. The van der Waals surface area contributed by atoms with Gasteiger partial charge in [-0.05, 0) is 63.1 Å². The summed E-state index contributed by atoms with van der Waals surface area (Å²) < 4.78 is 11.2. The van der Waals surface area contributed by atoms with Gasteiger partial charge in [0.15, 0.2) is 5.96 Å². The number of aliphatic hydroxyl groups excluding tert-OH is 1. The van der Waals surface area contributed by atoms with E-state index in [-0.39, 0.29) is 30.1 Å². The zero-order chi connectivity index (χ0) is 21.1. The average molecular weight is 527 g/mol. The molecule has 30 heavy (non-hydrogen) atoms. The first-order valence-corrected chi connectivity index (χ1v) is 10.2. The molecule has 0 aliphatic rings. The third-order valence-corrected chi connectivity index (χ3v) is 4.07. The molecule has 0 saturated heterocycles. The van der Waals surface area contributed by atoms with E-state index in [0.717, 1.165) is 29.2 Å². The summed E-state index contributed by atoms with van der Waals surface area (Å²) in [5, 5.41) is 16.9. The Morgan fingerprint density at radius 1 is 1.03 bits per heavy atom. The van der Waals surface area contributed by atoms with Crippen LogP contribution in [-0.2, 0) is 6.54 Å². The number of ether oxygens (including phenoxy) is 2. The van der Waals surface area contributed by atoms with Crippen LogP contribution in [0.25, 0.3) is 0 Å². The van der Waals surface area contributed by atoms with E-state index in [4.69, 9.17) is 9.47 Å². The van der Waals surface area contributed by atoms with Crippen molar-refractivity contribution in [3.8, 4) is 11.5 Å². The summed E-state index contributed by atoms with van der Waals surface area (Å²) in [6.45, 7) is 10.2. The number of rotatable bonds is 10. The van der Waals surface area contributed by atoms with E-state index in [1.54, 1.807) is 0 Å². The van der Waals surface area contributed by atoms with Gasteiger partial charge in [0.2, 0.25) is 0 Å². The second-order valence-electron chi connectivity index (χ2n) is 6.91. The smallest absolute Gasteiger partial charge is 0.191 e. The number of aliphatic imine (C=N–C) groups is 1. The summed E-state index contributed by atoms with van der Waals surface area (Å²) in [6, 6.07) is 15.4. The van der Waals surface area contributed by atoms with Crippen LogP contribution in [0.3, 0.4) is 0 Å². The highest BCUT2D eigenvalue weighted by atomic mass is 127. The molecule has 0 aromatic heterocycles. The van der Waals surface area contributed by atoms with Gasteiger partial charge in [-0.15, -0.1) is 24.0 Å². The molecule has 0 fully saturated rings. The Hall–Kier alpha value is -2.00. The third kappa shape index (κ3) is 9.21. The first-order valence-electron chi connectivity index (χ1n) is 10.2. The highest BCUT2D eigenvalue weighted by molar-refractivity contribution is 14.0. The Morgan fingerprint density at radius 3 is 2.40 bits per heavy atom. The molecule has 1 atom stereocenters. The largest absolute Gasteiger partial charge is 0.494 e.